The zero-order valence-electron chi connectivity index (χ0n) is 17.4. The Morgan fingerprint density at radius 3 is 2.14 bits per heavy atom. The summed E-state index contributed by atoms with van der Waals surface area (Å²) in [6.45, 7) is 10.1. The van der Waals surface area contributed by atoms with Gasteiger partial charge in [0.05, 0.1) is 5.92 Å². The summed E-state index contributed by atoms with van der Waals surface area (Å²) in [5, 5.41) is 14.9. The lowest BCUT2D eigenvalue weighted by molar-refractivity contribution is -0.141. The third-order valence-electron chi connectivity index (χ3n) is 5.38. The first kappa shape index (κ1) is 21.9. The molecule has 3 atom stereocenters. The standard InChI is InChI=1S/C22H32N2O4/c1-13(2)18(20(26)23-17-11-8-15(12-17)21(27)28)24-19(25)14-6-9-16(10-7-14)22(3,4)5/h6-7,9-10,13,15,17-18H,8,11-12H2,1-5H3,(H,23,26)(H,24,25)(H,27,28)/t15-,17+,18?/m1/s1. The van der Waals surface area contributed by atoms with Gasteiger partial charge in [0.15, 0.2) is 0 Å². The Balaban J connectivity index is 2.01. The minimum atomic E-state index is -0.816. The number of carboxylic acid groups (broad SMARTS) is 1. The summed E-state index contributed by atoms with van der Waals surface area (Å²) >= 11 is 0. The summed E-state index contributed by atoms with van der Waals surface area (Å²) in [4.78, 5) is 36.4. The number of amides is 2. The van der Waals surface area contributed by atoms with Crippen LogP contribution < -0.4 is 10.6 Å². The smallest absolute Gasteiger partial charge is 0.306 e. The van der Waals surface area contributed by atoms with Crippen LogP contribution in [0.25, 0.3) is 0 Å². The van der Waals surface area contributed by atoms with E-state index in [1.165, 1.54) is 0 Å². The number of benzene rings is 1. The number of rotatable bonds is 6. The highest BCUT2D eigenvalue weighted by molar-refractivity contribution is 5.97. The first-order chi connectivity index (χ1) is 13.0. The highest BCUT2D eigenvalue weighted by Crippen LogP contribution is 2.26. The lowest BCUT2D eigenvalue weighted by Crippen LogP contribution is -2.51. The van der Waals surface area contributed by atoms with Crippen molar-refractivity contribution in [3.05, 3.63) is 35.4 Å². The summed E-state index contributed by atoms with van der Waals surface area (Å²) < 4.78 is 0. The number of carbonyl (C=O) groups excluding carboxylic acids is 2. The summed E-state index contributed by atoms with van der Waals surface area (Å²) in [6, 6.07) is 6.60. The van der Waals surface area contributed by atoms with E-state index in [0.29, 0.717) is 24.8 Å². The fourth-order valence-corrected chi connectivity index (χ4v) is 3.51. The molecule has 1 unspecified atom stereocenters. The average Bonchev–Trinajstić information content (AvgIpc) is 3.07. The molecule has 0 radical (unpaired) electrons. The van der Waals surface area contributed by atoms with Crippen LogP contribution in [0.5, 0.6) is 0 Å². The van der Waals surface area contributed by atoms with Gasteiger partial charge in [0.25, 0.3) is 5.91 Å². The van der Waals surface area contributed by atoms with Crippen LogP contribution in [0.4, 0.5) is 0 Å². The number of carboxylic acids is 1. The maximum atomic E-state index is 12.7. The molecule has 1 aromatic rings. The van der Waals surface area contributed by atoms with E-state index in [2.05, 4.69) is 31.4 Å². The lowest BCUT2D eigenvalue weighted by atomic mass is 9.86. The fourth-order valence-electron chi connectivity index (χ4n) is 3.51. The van der Waals surface area contributed by atoms with Gasteiger partial charge in [-0.15, -0.1) is 0 Å². The minimum absolute atomic E-state index is 0.00442. The van der Waals surface area contributed by atoms with Gasteiger partial charge in [0, 0.05) is 11.6 Å². The van der Waals surface area contributed by atoms with Crippen molar-refractivity contribution in [2.75, 3.05) is 0 Å². The summed E-state index contributed by atoms with van der Waals surface area (Å²) in [5.41, 5.74) is 1.65. The van der Waals surface area contributed by atoms with Gasteiger partial charge in [-0.2, -0.15) is 0 Å². The molecule has 6 heteroatoms. The normalized spacial score (nSPS) is 20.6. The molecular formula is C22H32N2O4. The third kappa shape index (κ3) is 5.57. The molecule has 1 aliphatic carbocycles. The lowest BCUT2D eigenvalue weighted by Gasteiger charge is -2.24. The van der Waals surface area contributed by atoms with Gasteiger partial charge in [0.2, 0.25) is 5.91 Å². The molecule has 0 bridgehead atoms. The Kier molecular flexibility index (Phi) is 6.86. The van der Waals surface area contributed by atoms with Gasteiger partial charge < -0.3 is 15.7 Å². The number of hydrogen-bond donors (Lipinski definition) is 3. The molecule has 3 N–H and O–H groups in total. The van der Waals surface area contributed by atoms with E-state index < -0.39 is 17.9 Å². The van der Waals surface area contributed by atoms with Crippen LogP contribution in [0.3, 0.4) is 0 Å². The molecule has 0 heterocycles. The molecule has 0 aromatic heterocycles. The second-order valence-electron chi connectivity index (χ2n) is 9.08. The monoisotopic (exact) mass is 388 g/mol. The van der Waals surface area contributed by atoms with E-state index in [0.717, 1.165) is 5.56 Å². The third-order valence-corrected chi connectivity index (χ3v) is 5.38. The molecule has 28 heavy (non-hydrogen) atoms. The predicted octanol–water partition coefficient (Wildman–Crippen LogP) is 3.11. The second-order valence-corrected chi connectivity index (χ2v) is 9.08. The Hall–Kier alpha value is -2.37. The van der Waals surface area contributed by atoms with Gasteiger partial charge in [-0.05, 0) is 48.3 Å². The Bertz CT molecular complexity index is 719. The average molecular weight is 389 g/mol. The van der Waals surface area contributed by atoms with E-state index in [1.807, 2.05) is 26.0 Å². The quantitative estimate of drug-likeness (QED) is 0.698. The summed E-state index contributed by atoms with van der Waals surface area (Å²) in [6.07, 6.45) is 1.66. The van der Waals surface area contributed by atoms with Gasteiger partial charge in [0.1, 0.15) is 6.04 Å². The van der Waals surface area contributed by atoms with Crippen molar-refractivity contribution in [2.24, 2.45) is 11.8 Å². The molecule has 0 aliphatic heterocycles. The molecule has 1 saturated carbocycles. The van der Waals surface area contributed by atoms with Gasteiger partial charge in [-0.25, -0.2) is 0 Å². The van der Waals surface area contributed by atoms with E-state index in [-0.39, 0.29) is 29.2 Å². The van der Waals surface area contributed by atoms with Crippen LogP contribution in [0.1, 0.15) is 69.8 Å². The van der Waals surface area contributed by atoms with Crippen LogP contribution in [0.2, 0.25) is 0 Å². The number of hydrogen-bond acceptors (Lipinski definition) is 3. The molecule has 1 fully saturated rings. The molecule has 0 spiro atoms. The van der Waals surface area contributed by atoms with Crippen LogP contribution >= 0.6 is 0 Å². The van der Waals surface area contributed by atoms with E-state index in [4.69, 9.17) is 5.11 Å². The summed E-state index contributed by atoms with van der Waals surface area (Å²) in [5.74, 6) is -1.85. The van der Waals surface area contributed by atoms with Crippen molar-refractivity contribution in [1.82, 2.24) is 10.6 Å². The van der Waals surface area contributed by atoms with Crippen molar-refractivity contribution < 1.29 is 19.5 Å². The molecule has 2 rings (SSSR count). The van der Waals surface area contributed by atoms with Crippen molar-refractivity contribution in [1.29, 1.82) is 0 Å². The van der Waals surface area contributed by atoms with Crippen molar-refractivity contribution in [2.45, 2.75) is 71.4 Å². The maximum absolute atomic E-state index is 12.7. The minimum Gasteiger partial charge on any atom is -0.481 e. The highest BCUT2D eigenvalue weighted by atomic mass is 16.4. The van der Waals surface area contributed by atoms with Crippen LogP contribution in [0, 0.1) is 11.8 Å². The zero-order valence-corrected chi connectivity index (χ0v) is 17.4. The van der Waals surface area contributed by atoms with Crippen molar-refractivity contribution >= 4 is 17.8 Å². The van der Waals surface area contributed by atoms with E-state index >= 15 is 0 Å². The Labute approximate surface area is 167 Å². The van der Waals surface area contributed by atoms with Gasteiger partial charge in [-0.1, -0.05) is 46.8 Å². The molecule has 1 aromatic carbocycles. The van der Waals surface area contributed by atoms with E-state index in [1.54, 1.807) is 12.1 Å². The van der Waals surface area contributed by atoms with E-state index in [9.17, 15) is 14.4 Å². The number of aliphatic carboxylic acids is 1. The molecule has 2 amide bonds. The zero-order chi connectivity index (χ0) is 21.1. The maximum Gasteiger partial charge on any atom is 0.306 e. The molecule has 154 valence electrons. The molecule has 6 nitrogen and oxygen atoms in total. The second kappa shape index (κ2) is 8.76. The summed E-state index contributed by atoms with van der Waals surface area (Å²) in [7, 11) is 0. The Morgan fingerprint density at radius 1 is 1.07 bits per heavy atom. The Morgan fingerprint density at radius 2 is 1.68 bits per heavy atom. The first-order valence-electron chi connectivity index (χ1n) is 9.93. The molecule has 1 aliphatic rings. The van der Waals surface area contributed by atoms with Crippen molar-refractivity contribution in [3.8, 4) is 0 Å². The number of nitrogens with one attached hydrogen (secondary N) is 2. The SMILES string of the molecule is CC(C)C(NC(=O)c1ccc(C(C)(C)C)cc1)C(=O)N[C@H]1CC[C@@H](C(=O)O)C1. The first-order valence-corrected chi connectivity index (χ1v) is 9.93. The fraction of sp³-hybridized carbons (Fsp3) is 0.591. The van der Waals surface area contributed by atoms with Gasteiger partial charge in [-0.3, -0.25) is 14.4 Å². The number of carbonyl (C=O) groups is 3. The predicted molar refractivity (Wildman–Crippen MR) is 108 cm³/mol. The molecular weight excluding hydrogens is 356 g/mol. The molecule has 0 saturated heterocycles. The van der Waals surface area contributed by atoms with Crippen LogP contribution in [-0.2, 0) is 15.0 Å². The van der Waals surface area contributed by atoms with Gasteiger partial charge >= 0.3 is 5.97 Å². The van der Waals surface area contributed by atoms with Crippen molar-refractivity contribution in [3.63, 3.8) is 0 Å². The topological polar surface area (TPSA) is 95.5 Å². The van der Waals surface area contributed by atoms with Crippen LogP contribution in [0.15, 0.2) is 24.3 Å². The highest BCUT2D eigenvalue weighted by Gasteiger charge is 2.33. The largest absolute Gasteiger partial charge is 0.481 e. The van der Waals surface area contributed by atoms with Crippen LogP contribution in [-0.4, -0.2) is 35.0 Å².